The Labute approximate surface area is 176 Å². The number of allylic oxidation sites excluding steroid dienone is 2. The third-order valence-corrected chi connectivity index (χ3v) is 5.27. The molecule has 1 aromatic rings. The predicted octanol–water partition coefficient (Wildman–Crippen LogP) is 3.28. The molecule has 30 heavy (non-hydrogen) atoms. The van der Waals surface area contributed by atoms with E-state index in [9.17, 15) is 14.9 Å². The first-order chi connectivity index (χ1) is 14.5. The van der Waals surface area contributed by atoms with E-state index >= 15 is 0 Å². The van der Waals surface area contributed by atoms with Crippen LogP contribution in [0.3, 0.4) is 0 Å². The lowest BCUT2D eigenvalue weighted by Crippen LogP contribution is -2.34. The molecule has 1 saturated heterocycles. The summed E-state index contributed by atoms with van der Waals surface area (Å²) >= 11 is 0. The van der Waals surface area contributed by atoms with Gasteiger partial charge in [-0.1, -0.05) is 13.0 Å². The zero-order valence-electron chi connectivity index (χ0n) is 17.4. The van der Waals surface area contributed by atoms with E-state index in [1.165, 1.54) is 26.7 Å². The van der Waals surface area contributed by atoms with E-state index in [4.69, 9.17) is 9.47 Å². The van der Waals surface area contributed by atoms with Crippen molar-refractivity contribution in [3.8, 4) is 6.07 Å². The van der Waals surface area contributed by atoms with Gasteiger partial charge in [0.25, 0.3) is 0 Å². The molecule has 7 nitrogen and oxygen atoms in total. The highest BCUT2D eigenvalue weighted by Gasteiger charge is 2.28. The first kappa shape index (κ1) is 21.2. The molecule has 0 amide bonds. The zero-order chi connectivity index (χ0) is 21.7. The fraction of sp³-hybridized carbons (Fsp3) is 0.348. The number of carbonyl (C=O) groups excluding carboxylic acids is 2. The van der Waals surface area contributed by atoms with E-state index in [1.807, 2.05) is 12.1 Å². The molecule has 0 spiro atoms. The van der Waals surface area contributed by atoms with Crippen molar-refractivity contribution in [2.45, 2.75) is 19.8 Å². The van der Waals surface area contributed by atoms with Gasteiger partial charge in [-0.2, -0.15) is 5.26 Å². The Hall–Kier alpha value is -3.53. The van der Waals surface area contributed by atoms with Gasteiger partial charge < -0.3 is 19.3 Å². The minimum atomic E-state index is -0.681. The summed E-state index contributed by atoms with van der Waals surface area (Å²) in [5, 5.41) is 9.79. The topological polar surface area (TPSA) is 82.9 Å². The molecular weight excluding hydrogens is 382 g/mol. The molecule has 0 aliphatic carbocycles. The normalized spacial score (nSPS) is 18.7. The monoisotopic (exact) mass is 407 g/mol. The first-order valence-electron chi connectivity index (χ1n) is 9.84. The average molecular weight is 407 g/mol. The summed E-state index contributed by atoms with van der Waals surface area (Å²) in [5.41, 5.74) is 2.05. The molecule has 1 unspecified atom stereocenters. The maximum Gasteiger partial charge on any atom is 0.355 e. The average Bonchev–Trinajstić information content (AvgIpc) is 3.00. The number of ether oxygens (including phenoxy) is 2. The van der Waals surface area contributed by atoms with E-state index in [0.717, 1.165) is 25.2 Å². The zero-order valence-corrected chi connectivity index (χ0v) is 17.4. The number of rotatable bonds is 4. The van der Waals surface area contributed by atoms with Crippen LogP contribution in [-0.4, -0.2) is 39.2 Å². The maximum absolute atomic E-state index is 12.6. The number of hydrogen-bond donors (Lipinski definition) is 0. The molecule has 2 aliphatic rings. The second kappa shape index (κ2) is 9.31. The molecule has 0 bridgehead atoms. The fourth-order valence-electron chi connectivity index (χ4n) is 3.81. The van der Waals surface area contributed by atoms with Gasteiger partial charge in [0.15, 0.2) is 0 Å². The number of nitriles is 1. The highest BCUT2D eigenvalue weighted by Crippen LogP contribution is 2.32. The van der Waals surface area contributed by atoms with Gasteiger partial charge in [-0.05, 0) is 49.1 Å². The van der Waals surface area contributed by atoms with Crippen molar-refractivity contribution < 1.29 is 19.1 Å². The Morgan fingerprint density at radius 3 is 2.60 bits per heavy atom. The van der Waals surface area contributed by atoms with Crippen LogP contribution in [0.15, 0.2) is 53.9 Å². The molecular formula is C23H25N3O4. The quantitative estimate of drug-likeness (QED) is 0.708. The molecule has 2 aliphatic heterocycles. The Morgan fingerprint density at radius 2 is 1.93 bits per heavy atom. The fourth-order valence-corrected chi connectivity index (χ4v) is 3.81. The molecule has 0 radical (unpaired) electrons. The lowest BCUT2D eigenvalue weighted by molar-refractivity contribution is -0.139. The van der Waals surface area contributed by atoms with Gasteiger partial charge in [0, 0.05) is 25.0 Å². The largest absolute Gasteiger partial charge is 0.465 e. The van der Waals surface area contributed by atoms with Crippen molar-refractivity contribution in [1.82, 2.24) is 0 Å². The number of carbonyl (C=O) groups is 2. The van der Waals surface area contributed by atoms with Crippen LogP contribution in [0.1, 0.15) is 25.3 Å². The lowest BCUT2D eigenvalue weighted by atomic mass is 9.98. The van der Waals surface area contributed by atoms with Gasteiger partial charge in [0.1, 0.15) is 11.8 Å². The predicted molar refractivity (Wildman–Crippen MR) is 114 cm³/mol. The third kappa shape index (κ3) is 4.23. The summed E-state index contributed by atoms with van der Waals surface area (Å²) in [6.07, 6.45) is 8.77. The number of methoxy groups -OCH3 is 2. The highest BCUT2D eigenvalue weighted by atomic mass is 16.5. The Morgan fingerprint density at radius 1 is 1.17 bits per heavy atom. The maximum atomic E-state index is 12.6. The third-order valence-electron chi connectivity index (χ3n) is 5.27. The van der Waals surface area contributed by atoms with Crippen molar-refractivity contribution >= 4 is 23.3 Å². The lowest BCUT2D eigenvalue weighted by Gasteiger charge is -2.33. The number of esters is 2. The van der Waals surface area contributed by atoms with Crippen molar-refractivity contribution in [3.05, 3.63) is 59.5 Å². The van der Waals surface area contributed by atoms with E-state index in [2.05, 4.69) is 17.9 Å². The molecule has 1 aromatic carbocycles. The summed E-state index contributed by atoms with van der Waals surface area (Å²) in [6, 6.07) is 7.73. The van der Waals surface area contributed by atoms with Crippen molar-refractivity contribution in [2.75, 3.05) is 37.1 Å². The van der Waals surface area contributed by atoms with Gasteiger partial charge in [-0.15, -0.1) is 0 Å². The van der Waals surface area contributed by atoms with Gasteiger partial charge in [0.2, 0.25) is 0 Å². The standard InChI is InChI=1S/C23H25N3O4/c1-16-7-6-11-25(15-16)20-10-9-18(13-17(20)14-24)26-12-5-4-8-19(22(27)29-2)21(26)23(28)30-3/h4-5,8-10,12-13,16H,6-7,11,15H2,1-3H3. The number of hydrogen-bond acceptors (Lipinski definition) is 7. The van der Waals surface area contributed by atoms with Crippen LogP contribution in [0.25, 0.3) is 0 Å². The van der Waals surface area contributed by atoms with Crippen molar-refractivity contribution in [3.63, 3.8) is 0 Å². The van der Waals surface area contributed by atoms with Crippen LogP contribution in [0.2, 0.25) is 0 Å². The number of piperidine rings is 1. The van der Waals surface area contributed by atoms with E-state index in [0.29, 0.717) is 17.2 Å². The molecule has 0 saturated carbocycles. The molecule has 1 atom stereocenters. The van der Waals surface area contributed by atoms with Crippen LogP contribution in [-0.2, 0) is 19.1 Å². The summed E-state index contributed by atoms with van der Waals surface area (Å²) in [7, 11) is 2.50. The van der Waals surface area contributed by atoms with Crippen molar-refractivity contribution in [2.24, 2.45) is 5.92 Å². The summed E-state index contributed by atoms with van der Waals surface area (Å²) in [4.78, 5) is 28.6. The van der Waals surface area contributed by atoms with E-state index in [1.54, 1.807) is 29.3 Å². The molecule has 0 aromatic heterocycles. The van der Waals surface area contributed by atoms with Gasteiger partial charge in [0.05, 0.1) is 31.0 Å². The van der Waals surface area contributed by atoms with Gasteiger partial charge >= 0.3 is 11.9 Å². The Bertz CT molecular complexity index is 971. The molecule has 156 valence electrons. The number of anilines is 2. The second-order valence-corrected chi connectivity index (χ2v) is 7.32. The molecule has 2 heterocycles. The second-order valence-electron chi connectivity index (χ2n) is 7.32. The minimum absolute atomic E-state index is 0.0255. The van der Waals surface area contributed by atoms with Crippen LogP contribution in [0, 0.1) is 17.2 Å². The molecule has 0 N–H and O–H groups in total. The molecule has 3 rings (SSSR count). The molecule has 7 heteroatoms. The summed E-state index contributed by atoms with van der Waals surface area (Å²) < 4.78 is 9.76. The smallest absolute Gasteiger partial charge is 0.355 e. The van der Waals surface area contributed by atoms with Crippen LogP contribution >= 0.6 is 0 Å². The Kier molecular flexibility index (Phi) is 6.58. The SMILES string of the molecule is COC(=O)C1=C(C(=O)OC)N(c2ccc(N3CCCC(C)C3)c(C#N)c2)C=CC=C1. The van der Waals surface area contributed by atoms with Crippen LogP contribution in [0.5, 0.6) is 0 Å². The van der Waals surface area contributed by atoms with Crippen LogP contribution in [0.4, 0.5) is 11.4 Å². The molecule has 1 fully saturated rings. The number of benzene rings is 1. The van der Waals surface area contributed by atoms with Gasteiger partial charge in [-0.25, -0.2) is 9.59 Å². The van der Waals surface area contributed by atoms with Crippen LogP contribution < -0.4 is 9.80 Å². The highest BCUT2D eigenvalue weighted by molar-refractivity contribution is 6.05. The summed E-state index contributed by atoms with van der Waals surface area (Å²) in [5.74, 6) is -0.764. The van der Waals surface area contributed by atoms with E-state index < -0.39 is 11.9 Å². The number of nitrogens with zero attached hydrogens (tertiary/aromatic N) is 3. The van der Waals surface area contributed by atoms with Crippen molar-refractivity contribution in [1.29, 1.82) is 5.26 Å². The van der Waals surface area contributed by atoms with E-state index in [-0.39, 0.29) is 11.3 Å². The van der Waals surface area contributed by atoms with Gasteiger partial charge in [-0.3, -0.25) is 0 Å². The Balaban J connectivity index is 2.07. The summed E-state index contributed by atoms with van der Waals surface area (Å²) in [6.45, 7) is 4.02. The first-order valence-corrected chi connectivity index (χ1v) is 9.84. The minimum Gasteiger partial charge on any atom is -0.465 e.